The van der Waals surface area contributed by atoms with Crippen LogP contribution in [0, 0.1) is 0 Å². The number of hydrogen-bond donors (Lipinski definition) is 0. The molecule has 0 saturated carbocycles. The van der Waals surface area contributed by atoms with Crippen molar-refractivity contribution in [2.75, 3.05) is 0 Å². The van der Waals surface area contributed by atoms with Gasteiger partial charge in [0.05, 0.1) is 0 Å². The summed E-state index contributed by atoms with van der Waals surface area (Å²) in [5, 5.41) is 0. The van der Waals surface area contributed by atoms with Crippen molar-refractivity contribution < 1.29 is 0 Å². The summed E-state index contributed by atoms with van der Waals surface area (Å²) in [6, 6.07) is 0. The predicted octanol–water partition coefficient (Wildman–Crippen LogP) is 69.5. The fraction of sp³-hybridized carbons (Fsp3) is 0. The van der Waals surface area contributed by atoms with Gasteiger partial charge in [0.15, 0.2) is 0 Å². The number of rotatable bonds is 57. The maximum Gasteiger partial charge on any atom is -0.000000180 e. The lowest BCUT2D eigenvalue weighted by Gasteiger charge is -2.65. The van der Waals surface area contributed by atoms with Crippen molar-refractivity contribution in [2.45, 2.75) is 0 Å². The Labute approximate surface area is 925 Å². The molecule has 0 aliphatic heterocycles. The minimum absolute atomic E-state index is 0.479. The first-order chi connectivity index (χ1) is 53.6. The minimum atomic E-state index is -0.802. The van der Waals surface area contributed by atoms with E-state index in [4.69, 9.17) is 0 Å². The molecule has 0 aliphatic rings. The first kappa shape index (κ1) is 169. The molecule has 118 heavy (non-hydrogen) atoms. The van der Waals surface area contributed by atoms with E-state index >= 15 is 0 Å². The van der Waals surface area contributed by atoms with Gasteiger partial charge in [-0.25, -0.2) is 0 Å². The molecule has 0 rings (SSSR count). The van der Waals surface area contributed by atoms with E-state index in [9.17, 15) is 0 Å². The van der Waals surface area contributed by atoms with Crippen molar-refractivity contribution in [3.63, 3.8) is 0 Å². The van der Waals surface area contributed by atoms with E-state index in [1.807, 2.05) is 0 Å². The van der Waals surface area contributed by atoms with Crippen LogP contribution in [0.15, 0.2) is 0 Å². The van der Waals surface area contributed by atoms with Crippen LogP contribution in [0.25, 0.3) is 0 Å². The largest absolute Gasteiger partial charge is 0.102 e. The van der Waals surface area contributed by atoms with Crippen LogP contribution in [-0.4, -0.2) is 0 Å². The topological polar surface area (TPSA) is 0 Å². The van der Waals surface area contributed by atoms with Crippen LogP contribution in [0.2, 0.25) is 0 Å². The molecular weight excluding hydrogens is 3650 g/mol. The van der Waals surface area contributed by atoms with Gasteiger partial charge in [-0.3, -0.25) is 0 Å². The molecule has 0 heterocycles. The Morgan fingerprint density at radius 3 is 0.102 bits per heavy atom. The average Bonchev–Trinajstić information content (AvgIpc) is 0.701. The highest BCUT2D eigenvalue weighted by Crippen LogP contribution is 3.57. The van der Waals surface area contributed by atoms with Gasteiger partial charge in [-0.2, -0.15) is 0 Å². The Morgan fingerprint density at radius 2 is 0.0678 bits per heavy atom. The average molecular weight is 3780 g/mol. The van der Waals surface area contributed by atoms with E-state index in [2.05, 4.69) is 536 Å². The molecule has 62 atom stereocenters. The van der Waals surface area contributed by atoms with Crippen molar-refractivity contribution in [3.8, 4) is 0 Å². The van der Waals surface area contributed by atoms with Crippen LogP contribution >= 0.6 is 941 Å². The van der Waals surface area contributed by atoms with Gasteiger partial charge in [-0.1, -0.05) is 0 Å². The zero-order valence-electron chi connectivity index (χ0n) is 60.6. The van der Waals surface area contributed by atoms with Gasteiger partial charge in [-0.05, 0) is 405 Å². The van der Waals surface area contributed by atoms with Crippen molar-refractivity contribution in [3.05, 3.63) is 0 Å². The molecule has 0 aromatic heterocycles. The second-order valence-electron chi connectivity index (χ2n) is 18.9. The lowest BCUT2D eigenvalue weighted by molar-refractivity contribution is 4.28. The van der Waals surface area contributed by atoms with Crippen molar-refractivity contribution in [1.29, 1.82) is 0 Å². The molecule has 118 heteroatoms. The highest BCUT2D eigenvalue weighted by atomic mass is 33.7. The summed E-state index contributed by atoms with van der Waals surface area (Å²) in [5.41, 5.74) is 0. The van der Waals surface area contributed by atoms with Crippen LogP contribution in [0.5, 0.6) is 0 Å². The molecule has 0 aromatic carbocycles. The van der Waals surface area contributed by atoms with Gasteiger partial charge >= 0.3 is 0 Å². The molecule has 0 saturated heterocycles. The second kappa shape index (κ2) is 92.3. The van der Waals surface area contributed by atoms with E-state index in [-0.39, 0.29) is 0 Å². The molecule has 0 spiro atoms. The van der Waals surface area contributed by atoms with Gasteiger partial charge < -0.3 is 0 Å². The van der Waals surface area contributed by atoms with Gasteiger partial charge in [0.2, 0.25) is 0 Å². The van der Waals surface area contributed by atoms with Crippen LogP contribution in [0.4, 0.5) is 0 Å². The molecular formula is H120P118. The smallest absolute Gasteiger partial charge is 0.000000180 e. The highest BCUT2D eigenvalue weighted by Gasteiger charge is 2.69. The third-order valence-corrected chi connectivity index (χ3v) is 852. The lowest BCUT2D eigenvalue weighted by atomic mass is 28.3. The maximum atomic E-state index is 4.00. The zero-order chi connectivity index (χ0) is 93.5. The monoisotopic (exact) mass is 3780 g/mol. The van der Waals surface area contributed by atoms with Crippen LogP contribution < -0.4 is 0 Å². The first-order valence-corrected chi connectivity index (χ1v) is 242. The maximum absolute atomic E-state index is 4.00. The van der Waals surface area contributed by atoms with Crippen LogP contribution in [-0.2, 0) is 0 Å². The van der Waals surface area contributed by atoms with Crippen LogP contribution in [0.3, 0.4) is 0 Å². The zero-order valence-corrected chi connectivity index (χ0v) is 182. The minimum Gasteiger partial charge on any atom is -0.102 e. The summed E-state index contributed by atoms with van der Waals surface area (Å²) in [4.78, 5) is 0. The Morgan fingerprint density at radius 1 is 0.0424 bits per heavy atom. The Bertz CT molecular complexity index is 2050. The molecule has 0 amide bonds. The Hall–Kier alpha value is 50.7. The third-order valence-electron chi connectivity index (χ3n) is 10.5. The third kappa shape index (κ3) is 59.0. The molecule has 0 aromatic rings. The van der Waals surface area contributed by atoms with Gasteiger partial charge in [0.1, 0.15) is 0 Å². The second-order valence-corrected chi connectivity index (χ2v) is 511. The SMILES string of the molecule is PP(P)P(P(P)P)P(P(P(P)P)P(P)P)P(P(P(P)P)P(P)P)P(P(P(P(P(P)P)P(P)P)P(P(P)P)P(P)P)P(P(P(P)P)P(P)P)P(P(P)P)P(P)P)P(P(P(P(P(P)P)P(P)P)P(P(P)P)P(P)P)P(P(P(P)P)P(P)P)P(P(P)P)P(P)P)P(P(P(P(P)P)P(P)P)P(P(P)P)P(P)P)P(P(P(P)P)P(P)P)P(P(P)P)P(P)P. The molecule has 0 N–H and O–H groups in total. The van der Waals surface area contributed by atoms with Gasteiger partial charge in [-0.15, -0.1) is 536 Å². The normalized spacial score (nSPS) is 15.3. The predicted molar refractivity (Wildman–Crippen MR) is 984 cm³/mol. The van der Waals surface area contributed by atoms with E-state index in [1.165, 1.54) is 0 Å². The summed E-state index contributed by atoms with van der Waals surface area (Å²) in [6.07, 6.45) is 0. The summed E-state index contributed by atoms with van der Waals surface area (Å²) in [6.45, 7) is -31.5. The number of hydrogen-bond acceptors (Lipinski definition) is 0. The Balaban J connectivity index is 16.4. The summed E-state index contributed by atoms with van der Waals surface area (Å²) in [5.74, 6) is 0. The lowest BCUT2D eigenvalue weighted by Crippen LogP contribution is -1.78. The molecule has 0 aliphatic carbocycles. The Kier molecular flexibility index (Phi) is 132. The molecule has 710 valence electrons. The van der Waals surface area contributed by atoms with Crippen molar-refractivity contribution >= 4 is 941 Å². The van der Waals surface area contributed by atoms with E-state index < -0.39 is 405 Å². The van der Waals surface area contributed by atoms with E-state index in [0.29, 0.717) is 0 Å². The van der Waals surface area contributed by atoms with E-state index in [1.54, 1.807) is 0 Å². The molecule has 0 bridgehead atoms. The van der Waals surface area contributed by atoms with Crippen LogP contribution in [0.1, 0.15) is 0 Å². The van der Waals surface area contributed by atoms with Crippen molar-refractivity contribution in [2.24, 2.45) is 0 Å². The molecule has 0 radical (unpaired) electrons. The van der Waals surface area contributed by atoms with Gasteiger partial charge in [0, 0.05) is 0 Å². The fourth-order valence-corrected chi connectivity index (χ4v) is 1790. The molecule has 0 nitrogen and oxygen atoms in total. The standard InChI is InChI=1S/H120P118/c1-61(2)91(62(3)4)106(92(63(5)6)64(7)8)113(105(89(57)58)90(59)60)117(114(107(93(65(9)10)66(11)12)94(67(13)14)68(15)16)108(95(69(17)18)70(19)20)96(71(21)22)72(23)24)118(115(109(97(73(25)26)74(27)28)98(75(29)30)76(31)32)110(99(77(33)34)78(35)36)100(79(37)38)80(39)40)116(111(101(81(41)42)82(43)44)102(83(45)46)84(47)48)112(103(85(49)50)86(51)52)104(87(53)54)88(55)56/h1-60H2. The fourth-order valence-electron chi connectivity index (χ4n) is 7.35. The highest BCUT2D eigenvalue weighted by molar-refractivity contribution is 9.62. The summed E-state index contributed by atoms with van der Waals surface area (Å²) < 4.78 is 0. The molecule has 0 fully saturated rings. The molecule has 62 unspecified atom stereocenters. The van der Waals surface area contributed by atoms with Gasteiger partial charge in [0.25, 0.3) is 0 Å². The van der Waals surface area contributed by atoms with E-state index in [0.717, 1.165) is 0 Å². The quantitative estimate of drug-likeness (QED) is 0.0533. The first-order valence-electron chi connectivity index (χ1n) is 26.9. The summed E-state index contributed by atoms with van der Waals surface area (Å²) >= 11 is 0. The summed E-state index contributed by atoms with van der Waals surface area (Å²) in [7, 11) is 234. The van der Waals surface area contributed by atoms with Crippen molar-refractivity contribution in [1.82, 2.24) is 0 Å².